The standard InChI is InChI=1S/C20H21N5O4/c1-23-12-13(11-21-23)10-16(14-6-3-2-4-7-14)17-18(25(28)29)19(26)24(20(27)22-17)15-8-5-9-15/h2-4,6-7,11-12,15-16H,5,8-10H2,1H3,(H,22,27). The van der Waals surface area contributed by atoms with Gasteiger partial charge in [-0.3, -0.25) is 24.2 Å². The minimum atomic E-state index is -0.828. The summed E-state index contributed by atoms with van der Waals surface area (Å²) < 4.78 is 2.65. The third-order valence-electron chi connectivity index (χ3n) is 5.51. The van der Waals surface area contributed by atoms with E-state index in [1.165, 1.54) is 0 Å². The Hall–Kier alpha value is -3.49. The van der Waals surface area contributed by atoms with E-state index in [9.17, 15) is 19.7 Å². The van der Waals surface area contributed by atoms with Crippen LogP contribution in [0.25, 0.3) is 0 Å². The largest absolute Gasteiger partial charge is 0.353 e. The molecule has 4 rings (SSSR count). The summed E-state index contributed by atoms with van der Waals surface area (Å²) in [6, 6.07) is 8.89. The molecule has 0 bridgehead atoms. The van der Waals surface area contributed by atoms with Crippen molar-refractivity contribution in [3.63, 3.8) is 0 Å². The molecule has 2 heterocycles. The summed E-state index contributed by atoms with van der Waals surface area (Å²) >= 11 is 0. The van der Waals surface area contributed by atoms with Crippen molar-refractivity contribution >= 4 is 5.69 Å². The predicted octanol–water partition coefficient (Wildman–Crippen LogP) is 2.28. The van der Waals surface area contributed by atoms with Crippen molar-refractivity contribution < 1.29 is 4.92 Å². The molecule has 2 aromatic heterocycles. The number of aromatic amines is 1. The molecule has 0 aliphatic heterocycles. The van der Waals surface area contributed by atoms with Gasteiger partial charge in [-0.15, -0.1) is 0 Å². The molecule has 1 unspecified atom stereocenters. The van der Waals surface area contributed by atoms with Gasteiger partial charge in [0.25, 0.3) is 0 Å². The van der Waals surface area contributed by atoms with E-state index >= 15 is 0 Å². The molecule has 0 saturated heterocycles. The number of H-pyrrole nitrogens is 1. The highest BCUT2D eigenvalue weighted by atomic mass is 16.6. The molecule has 1 aliphatic rings. The van der Waals surface area contributed by atoms with Gasteiger partial charge in [0.1, 0.15) is 5.69 Å². The first-order chi connectivity index (χ1) is 14.0. The fraction of sp³-hybridized carbons (Fsp3) is 0.350. The zero-order valence-electron chi connectivity index (χ0n) is 15.9. The molecule has 1 atom stereocenters. The van der Waals surface area contributed by atoms with Crippen LogP contribution in [-0.2, 0) is 13.5 Å². The zero-order chi connectivity index (χ0) is 20.5. The van der Waals surface area contributed by atoms with Crippen LogP contribution in [0, 0.1) is 10.1 Å². The number of hydrogen-bond donors (Lipinski definition) is 1. The van der Waals surface area contributed by atoms with Crippen molar-refractivity contribution in [1.82, 2.24) is 19.3 Å². The summed E-state index contributed by atoms with van der Waals surface area (Å²) in [6.07, 6.45) is 6.11. The third kappa shape index (κ3) is 3.51. The van der Waals surface area contributed by atoms with Crippen LogP contribution in [0.2, 0.25) is 0 Å². The second kappa shape index (κ2) is 7.50. The van der Waals surface area contributed by atoms with Gasteiger partial charge in [0.15, 0.2) is 0 Å². The number of nitrogens with zero attached hydrogens (tertiary/aromatic N) is 4. The van der Waals surface area contributed by atoms with E-state index in [4.69, 9.17) is 0 Å². The van der Waals surface area contributed by atoms with Crippen LogP contribution < -0.4 is 11.2 Å². The van der Waals surface area contributed by atoms with Crippen LogP contribution in [0.1, 0.15) is 48.0 Å². The van der Waals surface area contributed by atoms with Crippen LogP contribution in [0.5, 0.6) is 0 Å². The van der Waals surface area contributed by atoms with Crippen molar-refractivity contribution in [1.29, 1.82) is 0 Å². The number of aromatic nitrogens is 4. The van der Waals surface area contributed by atoms with E-state index in [0.29, 0.717) is 19.3 Å². The number of nitro groups is 1. The molecule has 3 aromatic rings. The van der Waals surface area contributed by atoms with E-state index in [-0.39, 0.29) is 11.7 Å². The quantitative estimate of drug-likeness (QED) is 0.508. The molecule has 1 aromatic carbocycles. The molecular formula is C20H21N5O4. The minimum Gasteiger partial charge on any atom is -0.304 e. The van der Waals surface area contributed by atoms with Crippen LogP contribution in [0.15, 0.2) is 52.3 Å². The van der Waals surface area contributed by atoms with Gasteiger partial charge in [0.05, 0.1) is 11.1 Å². The first kappa shape index (κ1) is 18.9. The molecule has 0 radical (unpaired) electrons. The van der Waals surface area contributed by atoms with Crippen LogP contribution in [-0.4, -0.2) is 24.3 Å². The Balaban J connectivity index is 1.90. The van der Waals surface area contributed by atoms with Crippen molar-refractivity contribution in [2.75, 3.05) is 0 Å². The van der Waals surface area contributed by atoms with Gasteiger partial charge in [0, 0.05) is 25.2 Å². The average molecular weight is 395 g/mol. The summed E-state index contributed by atoms with van der Waals surface area (Å²) in [5, 5.41) is 16.0. The van der Waals surface area contributed by atoms with Gasteiger partial charge in [-0.2, -0.15) is 5.10 Å². The van der Waals surface area contributed by atoms with Gasteiger partial charge in [-0.1, -0.05) is 30.3 Å². The van der Waals surface area contributed by atoms with Crippen molar-refractivity contribution in [2.24, 2.45) is 7.05 Å². The summed E-state index contributed by atoms with van der Waals surface area (Å²) in [7, 11) is 1.78. The van der Waals surface area contributed by atoms with Crippen molar-refractivity contribution in [3.05, 3.63) is 90.5 Å². The van der Waals surface area contributed by atoms with Crippen LogP contribution >= 0.6 is 0 Å². The Bertz CT molecular complexity index is 1160. The minimum absolute atomic E-state index is 0.0376. The monoisotopic (exact) mass is 395 g/mol. The molecular weight excluding hydrogens is 374 g/mol. The number of rotatable bonds is 6. The SMILES string of the molecule is Cn1cc(CC(c2ccccc2)c2[nH]c(=O)n(C3CCC3)c(=O)c2[N+](=O)[O-])cn1. The topological polar surface area (TPSA) is 116 Å². The van der Waals surface area contributed by atoms with E-state index in [0.717, 1.165) is 22.1 Å². The summed E-state index contributed by atoms with van der Waals surface area (Å²) in [5.74, 6) is -0.558. The van der Waals surface area contributed by atoms with E-state index in [1.807, 2.05) is 36.5 Å². The maximum Gasteiger partial charge on any atom is 0.353 e. The molecule has 1 N–H and O–H groups in total. The van der Waals surface area contributed by atoms with Crippen molar-refractivity contribution in [2.45, 2.75) is 37.6 Å². The van der Waals surface area contributed by atoms with Gasteiger partial charge >= 0.3 is 16.9 Å². The zero-order valence-corrected chi connectivity index (χ0v) is 15.9. The van der Waals surface area contributed by atoms with E-state index in [2.05, 4.69) is 10.1 Å². The Kier molecular flexibility index (Phi) is 4.87. The molecule has 150 valence electrons. The fourth-order valence-corrected chi connectivity index (χ4v) is 3.85. The number of aryl methyl sites for hydroxylation is 1. The highest BCUT2D eigenvalue weighted by Crippen LogP contribution is 2.33. The summed E-state index contributed by atoms with van der Waals surface area (Å²) in [5.41, 5.74) is -0.321. The molecule has 1 fully saturated rings. The smallest absolute Gasteiger partial charge is 0.304 e. The predicted molar refractivity (Wildman–Crippen MR) is 106 cm³/mol. The lowest BCUT2D eigenvalue weighted by molar-refractivity contribution is -0.387. The van der Waals surface area contributed by atoms with Gasteiger partial charge in [-0.05, 0) is 36.8 Å². The number of benzene rings is 1. The molecule has 9 heteroatoms. The fourth-order valence-electron chi connectivity index (χ4n) is 3.85. The number of hydrogen-bond acceptors (Lipinski definition) is 5. The van der Waals surface area contributed by atoms with E-state index < -0.39 is 27.8 Å². The average Bonchev–Trinajstić information content (AvgIpc) is 3.06. The molecule has 1 aliphatic carbocycles. The van der Waals surface area contributed by atoms with Crippen LogP contribution in [0.3, 0.4) is 0 Å². The number of nitrogens with one attached hydrogen (secondary N) is 1. The lowest BCUT2D eigenvalue weighted by atomic mass is 9.89. The Morgan fingerprint density at radius 1 is 1.28 bits per heavy atom. The molecule has 9 nitrogen and oxygen atoms in total. The maximum absolute atomic E-state index is 13.0. The normalized spacial score (nSPS) is 15.1. The maximum atomic E-state index is 13.0. The summed E-state index contributed by atoms with van der Waals surface area (Å²) in [4.78, 5) is 39.6. The summed E-state index contributed by atoms with van der Waals surface area (Å²) in [6.45, 7) is 0. The Morgan fingerprint density at radius 2 is 2.00 bits per heavy atom. The molecule has 1 saturated carbocycles. The lowest BCUT2D eigenvalue weighted by Gasteiger charge is -2.27. The second-order valence-corrected chi connectivity index (χ2v) is 7.40. The molecule has 0 amide bonds. The molecule has 29 heavy (non-hydrogen) atoms. The van der Waals surface area contributed by atoms with Crippen LogP contribution in [0.4, 0.5) is 5.69 Å². The highest BCUT2D eigenvalue weighted by molar-refractivity contribution is 5.42. The third-order valence-corrected chi connectivity index (χ3v) is 5.51. The van der Waals surface area contributed by atoms with Gasteiger partial charge < -0.3 is 4.98 Å². The lowest BCUT2D eigenvalue weighted by Crippen LogP contribution is -2.42. The highest BCUT2D eigenvalue weighted by Gasteiger charge is 2.33. The first-order valence-corrected chi connectivity index (χ1v) is 9.51. The van der Waals surface area contributed by atoms with Gasteiger partial charge in [0.2, 0.25) is 0 Å². The second-order valence-electron chi connectivity index (χ2n) is 7.40. The van der Waals surface area contributed by atoms with E-state index in [1.54, 1.807) is 17.9 Å². The Morgan fingerprint density at radius 3 is 2.55 bits per heavy atom. The Labute approximate surface area is 165 Å². The molecule has 0 spiro atoms. The van der Waals surface area contributed by atoms with Gasteiger partial charge in [-0.25, -0.2) is 4.79 Å². The van der Waals surface area contributed by atoms with Crippen molar-refractivity contribution in [3.8, 4) is 0 Å². The first-order valence-electron chi connectivity index (χ1n) is 9.51.